The second-order valence-electron chi connectivity index (χ2n) is 23.7. The van der Waals surface area contributed by atoms with Gasteiger partial charge in [0.05, 0.1) is 0 Å². The van der Waals surface area contributed by atoms with Gasteiger partial charge in [0, 0.05) is 0 Å². The molecule has 0 saturated heterocycles. The van der Waals surface area contributed by atoms with E-state index < -0.39 is 40.2 Å². The van der Waals surface area contributed by atoms with Gasteiger partial charge in [-0.2, -0.15) is 0 Å². The number of carbonyl (C=O) groups excluding carboxylic acids is 3. The van der Waals surface area contributed by atoms with E-state index in [0.29, 0.717) is 60.2 Å². The van der Waals surface area contributed by atoms with Crippen molar-refractivity contribution < 1.29 is 42.8 Å². The molecule has 10 heteroatoms. The molecule has 6 aromatic rings. The van der Waals surface area contributed by atoms with Crippen LogP contribution >= 0.6 is 0 Å². The molecule has 0 fully saturated rings. The molecular formula is C69H87NO9. The van der Waals surface area contributed by atoms with Gasteiger partial charge in [-0.05, 0) is 189 Å². The summed E-state index contributed by atoms with van der Waals surface area (Å²) in [6.07, 6.45) is 9.10. The third-order valence-corrected chi connectivity index (χ3v) is 15.7. The van der Waals surface area contributed by atoms with Crippen molar-refractivity contribution in [3.8, 4) is 45.6 Å². The molecule has 0 bridgehead atoms. The SMILES string of the molecule is CCC(C)(Oc1ccc(CCCCCCCc2ccc(OC(=O)C(N)(CC)C(C)(CC)Oc3ccc(-c4ccc(OC(=O)C(C)(CC)Oc5ccc(C(C)(C)C)cc5)cc4)cc3)cc2)cc1)C(=O)Oc1ccc(C(C)(C)C)cc1. The summed E-state index contributed by atoms with van der Waals surface area (Å²) in [6.45, 7) is 26.0. The van der Waals surface area contributed by atoms with Crippen LogP contribution in [0, 0.1) is 0 Å². The van der Waals surface area contributed by atoms with E-state index in [0.717, 1.165) is 56.1 Å². The number of carbonyl (C=O) groups is 3. The molecule has 6 rings (SSSR count). The summed E-state index contributed by atoms with van der Waals surface area (Å²) in [5.74, 6) is 1.74. The molecule has 4 unspecified atom stereocenters. The van der Waals surface area contributed by atoms with Gasteiger partial charge >= 0.3 is 17.9 Å². The zero-order chi connectivity index (χ0) is 57.7. The molecule has 10 nitrogen and oxygen atoms in total. The fourth-order valence-electron chi connectivity index (χ4n) is 9.25. The largest absolute Gasteiger partial charge is 0.485 e. The Hall–Kier alpha value is -6.91. The molecule has 0 heterocycles. The molecule has 0 saturated carbocycles. The van der Waals surface area contributed by atoms with Gasteiger partial charge in [-0.3, -0.25) is 0 Å². The third-order valence-electron chi connectivity index (χ3n) is 15.7. The Morgan fingerprint density at radius 2 is 0.658 bits per heavy atom. The van der Waals surface area contributed by atoms with Crippen LogP contribution in [0.4, 0.5) is 0 Å². The van der Waals surface area contributed by atoms with Crippen molar-refractivity contribution in [3.63, 3.8) is 0 Å². The van der Waals surface area contributed by atoms with E-state index >= 15 is 0 Å². The van der Waals surface area contributed by atoms with Gasteiger partial charge in [0.2, 0.25) is 11.2 Å². The van der Waals surface area contributed by atoms with E-state index in [1.165, 1.54) is 22.3 Å². The number of hydrogen-bond donors (Lipinski definition) is 1. The summed E-state index contributed by atoms with van der Waals surface area (Å²) < 4.78 is 36.5. The van der Waals surface area contributed by atoms with Crippen molar-refractivity contribution in [2.75, 3.05) is 0 Å². The van der Waals surface area contributed by atoms with Crippen molar-refractivity contribution in [1.82, 2.24) is 0 Å². The third kappa shape index (κ3) is 16.1. The Bertz CT molecular complexity index is 2900. The van der Waals surface area contributed by atoms with Crippen molar-refractivity contribution in [3.05, 3.63) is 168 Å². The van der Waals surface area contributed by atoms with Crippen molar-refractivity contribution in [2.45, 2.75) is 194 Å². The molecule has 2 N–H and O–H groups in total. The van der Waals surface area contributed by atoms with Crippen LogP contribution in [-0.2, 0) is 38.1 Å². The lowest BCUT2D eigenvalue weighted by Crippen LogP contribution is -2.67. The Morgan fingerprint density at radius 1 is 0.354 bits per heavy atom. The molecule has 4 atom stereocenters. The Labute approximate surface area is 471 Å². The molecule has 0 radical (unpaired) electrons. The maximum Gasteiger partial charge on any atom is 0.355 e. The highest BCUT2D eigenvalue weighted by Gasteiger charge is 2.52. The summed E-state index contributed by atoms with van der Waals surface area (Å²) in [6, 6.07) is 46.2. The zero-order valence-corrected chi connectivity index (χ0v) is 49.4. The minimum atomic E-state index is -1.45. The lowest BCUT2D eigenvalue weighted by molar-refractivity contribution is -0.151. The number of hydrogen-bond acceptors (Lipinski definition) is 10. The Morgan fingerprint density at radius 3 is 1.01 bits per heavy atom. The average Bonchev–Trinajstić information content (AvgIpc) is 3.49. The maximum atomic E-state index is 14.0. The van der Waals surface area contributed by atoms with Crippen LogP contribution in [0.2, 0.25) is 0 Å². The molecule has 0 aliphatic heterocycles. The number of benzene rings is 6. The number of esters is 3. The highest BCUT2D eigenvalue weighted by atomic mass is 16.6. The van der Waals surface area contributed by atoms with E-state index in [1.54, 1.807) is 26.0 Å². The van der Waals surface area contributed by atoms with Crippen LogP contribution in [-0.4, -0.2) is 40.2 Å². The van der Waals surface area contributed by atoms with Gasteiger partial charge in [0.1, 0.15) is 40.1 Å². The topological polar surface area (TPSA) is 133 Å². The summed E-state index contributed by atoms with van der Waals surface area (Å²) >= 11 is 0. The van der Waals surface area contributed by atoms with E-state index in [-0.39, 0.29) is 10.8 Å². The molecule has 0 spiro atoms. The highest BCUT2D eigenvalue weighted by Crippen LogP contribution is 2.36. The first-order valence-corrected chi connectivity index (χ1v) is 28.5. The first-order valence-electron chi connectivity index (χ1n) is 28.5. The van der Waals surface area contributed by atoms with Gasteiger partial charge in [-0.1, -0.05) is 161 Å². The Kier molecular flexibility index (Phi) is 20.5. The minimum Gasteiger partial charge on any atom is -0.485 e. The van der Waals surface area contributed by atoms with E-state index in [9.17, 15) is 14.4 Å². The fourth-order valence-corrected chi connectivity index (χ4v) is 9.25. The molecule has 79 heavy (non-hydrogen) atoms. The molecule has 0 aliphatic carbocycles. The zero-order valence-electron chi connectivity index (χ0n) is 49.4. The Balaban J connectivity index is 0.915. The normalized spacial score (nSPS) is 14.8. The summed E-state index contributed by atoms with van der Waals surface area (Å²) in [7, 11) is 0. The lowest BCUT2D eigenvalue weighted by atomic mass is 9.77. The van der Waals surface area contributed by atoms with Crippen LogP contribution in [0.1, 0.15) is 170 Å². The summed E-state index contributed by atoms with van der Waals surface area (Å²) in [5.41, 5.74) is 8.80. The quantitative estimate of drug-likeness (QED) is 0.0318. The molecular weight excluding hydrogens is 987 g/mol. The number of nitrogens with two attached hydrogens (primary N) is 1. The molecule has 0 aliphatic rings. The number of ether oxygens (including phenoxy) is 6. The van der Waals surface area contributed by atoms with Gasteiger partial charge < -0.3 is 34.2 Å². The van der Waals surface area contributed by atoms with Crippen LogP contribution in [0.25, 0.3) is 11.1 Å². The van der Waals surface area contributed by atoms with Crippen LogP contribution < -0.4 is 34.2 Å². The second kappa shape index (κ2) is 26.4. The number of aryl methyl sites for hydroxylation is 2. The summed E-state index contributed by atoms with van der Waals surface area (Å²) in [4.78, 5) is 40.6. The first kappa shape index (κ1) is 61.3. The van der Waals surface area contributed by atoms with Crippen LogP contribution in [0.3, 0.4) is 0 Å². The number of rotatable bonds is 26. The van der Waals surface area contributed by atoms with Crippen molar-refractivity contribution in [1.29, 1.82) is 0 Å². The maximum absolute atomic E-state index is 14.0. The summed E-state index contributed by atoms with van der Waals surface area (Å²) in [5, 5.41) is 0. The van der Waals surface area contributed by atoms with Crippen LogP contribution in [0.5, 0.6) is 34.5 Å². The fraction of sp³-hybridized carbons (Fsp3) is 0.435. The predicted octanol–water partition coefficient (Wildman–Crippen LogP) is 16.3. The van der Waals surface area contributed by atoms with Gasteiger partial charge in [-0.25, -0.2) is 14.4 Å². The standard InChI is InChI=1S/C69H87NO9/c1-14-66(11,62(72)75-57-45-33-53(34-46-57)64(5,6)7)77-58-39-27-50(28-40-58)24-22-20-18-19-21-23-49-25-37-55(38-26-49)76-63(73)69(70,17-4)68(13,16-3)79-60-43-31-52(32-44-60)51-29-41-56(42-30-51)74-61(71)67(12,15-2)78-59-47-35-54(36-48-59)65(8,9)10/h25-48H,14-24,70H2,1-13H3. The number of unbranched alkanes of at least 4 members (excludes halogenated alkanes) is 4. The second-order valence-corrected chi connectivity index (χ2v) is 23.7. The first-order chi connectivity index (χ1) is 37.4. The van der Waals surface area contributed by atoms with Gasteiger partial charge in [0.15, 0.2) is 5.54 Å². The molecule has 0 aromatic heterocycles. The van der Waals surface area contributed by atoms with Gasteiger partial charge in [0.25, 0.3) is 0 Å². The monoisotopic (exact) mass is 1070 g/mol. The predicted molar refractivity (Wildman–Crippen MR) is 318 cm³/mol. The smallest absolute Gasteiger partial charge is 0.355 e. The van der Waals surface area contributed by atoms with E-state index in [2.05, 4.69) is 53.7 Å². The molecule has 0 amide bonds. The molecule has 422 valence electrons. The van der Waals surface area contributed by atoms with Crippen molar-refractivity contribution in [2.24, 2.45) is 5.73 Å². The molecule has 6 aromatic carbocycles. The van der Waals surface area contributed by atoms with Crippen molar-refractivity contribution >= 4 is 17.9 Å². The lowest BCUT2D eigenvalue weighted by Gasteiger charge is -2.43. The highest BCUT2D eigenvalue weighted by molar-refractivity contribution is 5.85. The van der Waals surface area contributed by atoms with E-state index in [4.69, 9.17) is 34.2 Å². The van der Waals surface area contributed by atoms with Gasteiger partial charge in [-0.15, -0.1) is 0 Å². The minimum absolute atomic E-state index is 0.00896. The van der Waals surface area contributed by atoms with E-state index in [1.807, 2.05) is 156 Å². The van der Waals surface area contributed by atoms with Crippen LogP contribution in [0.15, 0.2) is 146 Å². The average molecular weight is 1070 g/mol.